The maximum absolute atomic E-state index is 12.4. The largest absolute Gasteiger partial charge is 0.396 e. The van der Waals surface area contributed by atoms with Crippen molar-refractivity contribution >= 4 is 11.6 Å². The number of hydrogen-bond acceptors (Lipinski definition) is 4. The fourth-order valence-corrected chi connectivity index (χ4v) is 3.70. The van der Waals surface area contributed by atoms with E-state index in [9.17, 15) is 19.8 Å². The van der Waals surface area contributed by atoms with Crippen LogP contribution in [0, 0.1) is 23.2 Å². The number of aliphatic hydroxyl groups is 2. The molecule has 0 aromatic rings. The molecule has 0 saturated heterocycles. The molecular weight excluding hydrogens is 232 g/mol. The van der Waals surface area contributed by atoms with Crippen molar-refractivity contribution in [2.45, 2.75) is 33.3 Å². The van der Waals surface area contributed by atoms with Gasteiger partial charge in [-0.25, -0.2) is 0 Å². The van der Waals surface area contributed by atoms with Gasteiger partial charge in [0.1, 0.15) is 5.41 Å². The van der Waals surface area contributed by atoms with Crippen molar-refractivity contribution in [3.8, 4) is 0 Å². The van der Waals surface area contributed by atoms with Crippen LogP contribution in [0.2, 0.25) is 0 Å². The lowest BCUT2D eigenvalue weighted by atomic mass is 9.65. The topological polar surface area (TPSA) is 74.6 Å². The van der Waals surface area contributed by atoms with Crippen molar-refractivity contribution in [1.29, 1.82) is 0 Å². The number of carbonyl (C=O) groups is 2. The van der Waals surface area contributed by atoms with Gasteiger partial charge in [-0.2, -0.15) is 0 Å². The Hall–Kier alpha value is -1.00. The molecular formula is C14H20O4. The van der Waals surface area contributed by atoms with Crippen molar-refractivity contribution in [2.24, 2.45) is 23.2 Å². The number of hydrogen-bond donors (Lipinski definition) is 2. The van der Waals surface area contributed by atoms with E-state index in [4.69, 9.17) is 0 Å². The number of Topliss-reactive ketones (excluding diaryl/α,β-unsaturated/α-hetero) is 1. The summed E-state index contributed by atoms with van der Waals surface area (Å²) in [5, 5.41) is 19.4. The molecule has 0 radical (unpaired) electrons. The summed E-state index contributed by atoms with van der Waals surface area (Å²) in [6.45, 7) is 5.15. The van der Waals surface area contributed by atoms with Gasteiger partial charge in [-0.1, -0.05) is 13.8 Å². The zero-order valence-corrected chi connectivity index (χ0v) is 11.0. The third-order valence-corrected chi connectivity index (χ3v) is 4.84. The standard InChI is InChI=1S/C14H20O4/c1-7-4-12(17)14(13(7)18)9(3)11(16)5-10(14)8(2)6-15/h4,8-11,15-16H,5-6H2,1-3H3/t8-,9-,10-,11+,14+/m1/s1. The van der Waals surface area contributed by atoms with Crippen LogP contribution in [-0.4, -0.2) is 34.5 Å². The fraction of sp³-hybridized carbons (Fsp3) is 0.714. The molecule has 18 heavy (non-hydrogen) atoms. The van der Waals surface area contributed by atoms with Crippen molar-refractivity contribution in [2.75, 3.05) is 6.61 Å². The molecule has 0 bridgehead atoms. The summed E-state index contributed by atoms with van der Waals surface area (Å²) >= 11 is 0. The average Bonchev–Trinajstić information content (AvgIpc) is 2.72. The van der Waals surface area contributed by atoms with Crippen molar-refractivity contribution in [3.63, 3.8) is 0 Å². The van der Waals surface area contributed by atoms with E-state index in [-0.39, 0.29) is 35.9 Å². The van der Waals surface area contributed by atoms with E-state index in [1.807, 2.05) is 6.92 Å². The fourth-order valence-electron chi connectivity index (χ4n) is 3.70. The van der Waals surface area contributed by atoms with E-state index in [0.29, 0.717) is 12.0 Å². The van der Waals surface area contributed by atoms with Gasteiger partial charge in [0.05, 0.1) is 6.10 Å². The second kappa shape index (κ2) is 4.28. The lowest BCUT2D eigenvalue weighted by Crippen LogP contribution is -2.46. The van der Waals surface area contributed by atoms with Gasteiger partial charge in [-0.15, -0.1) is 0 Å². The number of rotatable bonds is 2. The Morgan fingerprint density at radius 1 is 1.50 bits per heavy atom. The van der Waals surface area contributed by atoms with E-state index in [1.54, 1.807) is 13.8 Å². The smallest absolute Gasteiger partial charge is 0.173 e. The van der Waals surface area contributed by atoms with Gasteiger partial charge < -0.3 is 10.2 Å². The van der Waals surface area contributed by atoms with E-state index in [2.05, 4.69) is 0 Å². The van der Waals surface area contributed by atoms with Crippen LogP contribution in [0.4, 0.5) is 0 Å². The summed E-state index contributed by atoms with van der Waals surface area (Å²) in [6.07, 6.45) is 1.14. The van der Waals surface area contributed by atoms with Crippen molar-refractivity contribution < 1.29 is 19.8 Å². The predicted molar refractivity (Wildman–Crippen MR) is 65.7 cm³/mol. The average molecular weight is 252 g/mol. The molecule has 5 atom stereocenters. The summed E-state index contributed by atoms with van der Waals surface area (Å²) in [5.74, 6) is -1.19. The van der Waals surface area contributed by atoms with Crippen LogP contribution < -0.4 is 0 Å². The molecule has 1 spiro atoms. The molecule has 0 amide bonds. The number of ketones is 2. The van der Waals surface area contributed by atoms with Crippen LogP contribution in [0.3, 0.4) is 0 Å². The van der Waals surface area contributed by atoms with Crippen molar-refractivity contribution in [1.82, 2.24) is 0 Å². The zero-order chi connectivity index (χ0) is 13.7. The highest BCUT2D eigenvalue weighted by molar-refractivity contribution is 6.25. The molecule has 1 saturated carbocycles. The van der Waals surface area contributed by atoms with Crippen LogP contribution in [0.5, 0.6) is 0 Å². The second-order valence-electron chi connectivity index (χ2n) is 5.75. The van der Waals surface area contributed by atoms with Crippen LogP contribution in [-0.2, 0) is 9.59 Å². The molecule has 1 fully saturated rings. The third kappa shape index (κ3) is 1.45. The highest BCUT2D eigenvalue weighted by Crippen LogP contribution is 2.55. The molecule has 0 aliphatic heterocycles. The molecule has 2 rings (SSSR count). The summed E-state index contributed by atoms with van der Waals surface area (Å²) in [4.78, 5) is 24.8. The quantitative estimate of drug-likeness (QED) is 0.710. The molecule has 4 nitrogen and oxygen atoms in total. The monoisotopic (exact) mass is 252 g/mol. The van der Waals surface area contributed by atoms with Gasteiger partial charge in [0, 0.05) is 12.5 Å². The van der Waals surface area contributed by atoms with Gasteiger partial charge >= 0.3 is 0 Å². The first kappa shape index (κ1) is 13.4. The number of aliphatic hydroxyl groups excluding tert-OH is 2. The van der Waals surface area contributed by atoms with Crippen LogP contribution >= 0.6 is 0 Å². The molecule has 0 unspecified atom stereocenters. The number of carbonyl (C=O) groups excluding carboxylic acids is 2. The maximum atomic E-state index is 12.4. The Morgan fingerprint density at radius 3 is 2.56 bits per heavy atom. The van der Waals surface area contributed by atoms with E-state index < -0.39 is 11.5 Å². The minimum Gasteiger partial charge on any atom is -0.396 e. The van der Waals surface area contributed by atoms with Gasteiger partial charge in [-0.3, -0.25) is 9.59 Å². The third-order valence-electron chi connectivity index (χ3n) is 4.84. The lowest BCUT2D eigenvalue weighted by Gasteiger charge is -2.35. The van der Waals surface area contributed by atoms with Crippen LogP contribution in [0.25, 0.3) is 0 Å². The zero-order valence-electron chi connectivity index (χ0n) is 11.0. The van der Waals surface area contributed by atoms with E-state index >= 15 is 0 Å². The first-order valence-corrected chi connectivity index (χ1v) is 6.43. The summed E-state index contributed by atoms with van der Waals surface area (Å²) in [6, 6.07) is 0. The SMILES string of the molecule is CC1=CC(=O)[C@]2(C1=O)[C@H](C)[C@@H](O)C[C@@H]2[C@H](C)CO. The highest BCUT2D eigenvalue weighted by atomic mass is 16.3. The van der Waals surface area contributed by atoms with Gasteiger partial charge in [-0.05, 0) is 36.8 Å². The highest BCUT2D eigenvalue weighted by Gasteiger charge is 2.64. The van der Waals surface area contributed by atoms with Gasteiger partial charge in [0.2, 0.25) is 0 Å². The molecule has 2 N–H and O–H groups in total. The first-order chi connectivity index (χ1) is 8.37. The molecule has 4 heteroatoms. The number of allylic oxidation sites excluding steroid dienone is 2. The minimum atomic E-state index is -1.13. The molecule has 0 aromatic carbocycles. The Bertz CT molecular complexity index is 426. The molecule has 0 aromatic heterocycles. The van der Waals surface area contributed by atoms with Gasteiger partial charge in [0.15, 0.2) is 11.6 Å². The van der Waals surface area contributed by atoms with Crippen LogP contribution in [0.1, 0.15) is 27.2 Å². The summed E-state index contributed by atoms with van der Waals surface area (Å²) in [5.41, 5.74) is -0.665. The van der Waals surface area contributed by atoms with Gasteiger partial charge in [0.25, 0.3) is 0 Å². The summed E-state index contributed by atoms with van der Waals surface area (Å²) < 4.78 is 0. The van der Waals surface area contributed by atoms with E-state index in [0.717, 1.165) is 0 Å². The van der Waals surface area contributed by atoms with E-state index in [1.165, 1.54) is 6.08 Å². The minimum absolute atomic E-state index is 0.0779. The predicted octanol–water partition coefficient (Wildman–Crippen LogP) is 0.716. The Labute approximate surface area is 107 Å². The molecule has 0 heterocycles. The molecule has 2 aliphatic carbocycles. The second-order valence-corrected chi connectivity index (χ2v) is 5.75. The van der Waals surface area contributed by atoms with Crippen LogP contribution in [0.15, 0.2) is 11.6 Å². The Balaban J connectivity index is 2.51. The normalized spacial score (nSPS) is 41.6. The maximum Gasteiger partial charge on any atom is 0.173 e. The molecule has 2 aliphatic rings. The summed E-state index contributed by atoms with van der Waals surface area (Å²) in [7, 11) is 0. The Morgan fingerprint density at radius 2 is 2.11 bits per heavy atom. The molecule has 100 valence electrons. The lowest BCUT2D eigenvalue weighted by molar-refractivity contribution is -0.141. The van der Waals surface area contributed by atoms with Crippen molar-refractivity contribution in [3.05, 3.63) is 11.6 Å². The Kier molecular flexibility index (Phi) is 3.19. The first-order valence-electron chi connectivity index (χ1n) is 6.43.